The molecule has 2 aromatic rings. The van der Waals surface area contributed by atoms with Crippen LogP contribution in [0, 0.1) is 0 Å². The first kappa shape index (κ1) is 16.3. The summed E-state index contributed by atoms with van der Waals surface area (Å²) in [6.07, 6.45) is 3.67. The van der Waals surface area contributed by atoms with E-state index in [1.165, 1.54) is 0 Å². The Balaban J connectivity index is 1.44. The number of carbonyl (C=O) groups is 1. The molecule has 1 atom stereocenters. The van der Waals surface area contributed by atoms with Gasteiger partial charge in [0.25, 0.3) is 0 Å². The van der Waals surface area contributed by atoms with Crippen molar-refractivity contribution in [2.45, 2.75) is 26.1 Å². The summed E-state index contributed by atoms with van der Waals surface area (Å²) in [5.74, 6) is 0.942. The number of hydrogen-bond donors (Lipinski definition) is 3. The van der Waals surface area contributed by atoms with Gasteiger partial charge in [0, 0.05) is 32.0 Å². The van der Waals surface area contributed by atoms with Crippen molar-refractivity contribution in [1.29, 1.82) is 0 Å². The minimum absolute atomic E-state index is 0.223. The largest absolute Gasteiger partial charge is 0.375 e. The number of carbonyl (C=O) groups excluding carboxylic acids is 1. The van der Waals surface area contributed by atoms with Crippen molar-refractivity contribution >= 4 is 11.8 Å². The molecule has 24 heavy (non-hydrogen) atoms. The van der Waals surface area contributed by atoms with Crippen LogP contribution in [-0.2, 0) is 17.8 Å². The molecule has 0 bridgehead atoms. The first-order valence-corrected chi connectivity index (χ1v) is 8.02. The molecule has 128 valence electrons. The Morgan fingerprint density at radius 3 is 2.96 bits per heavy atom. The average molecular weight is 330 g/mol. The van der Waals surface area contributed by atoms with E-state index in [1.807, 2.05) is 18.2 Å². The quantitative estimate of drug-likeness (QED) is 0.761. The standard InChI is InChI=1S/C16H22N6O2/c1-12-11-22(6-7-24-12)15-3-2-13(8-17-15)9-18-16(23)19-10-14-4-5-20-21-14/h2-5,8,12H,6-7,9-11H2,1H3,(H,20,21)(H2,18,19,23). The molecule has 2 amide bonds. The maximum absolute atomic E-state index is 11.8. The van der Waals surface area contributed by atoms with Gasteiger partial charge in [-0.3, -0.25) is 5.10 Å². The lowest BCUT2D eigenvalue weighted by molar-refractivity contribution is 0.0529. The molecule has 3 rings (SSSR count). The predicted molar refractivity (Wildman–Crippen MR) is 89.5 cm³/mol. The Morgan fingerprint density at radius 2 is 2.25 bits per heavy atom. The van der Waals surface area contributed by atoms with Crippen molar-refractivity contribution in [1.82, 2.24) is 25.8 Å². The molecule has 1 aliphatic rings. The van der Waals surface area contributed by atoms with Gasteiger partial charge in [0.05, 0.1) is 24.9 Å². The second-order valence-electron chi connectivity index (χ2n) is 5.77. The van der Waals surface area contributed by atoms with Crippen molar-refractivity contribution in [3.63, 3.8) is 0 Å². The van der Waals surface area contributed by atoms with Crippen LogP contribution in [0.25, 0.3) is 0 Å². The minimum Gasteiger partial charge on any atom is -0.375 e. The number of morpholine rings is 1. The van der Waals surface area contributed by atoms with Crippen LogP contribution >= 0.6 is 0 Å². The molecule has 3 heterocycles. The van der Waals surface area contributed by atoms with Gasteiger partial charge in [0.2, 0.25) is 0 Å². The van der Waals surface area contributed by atoms with E-state index in [0.29, 0.717) is 13.1 Å². The number of urea groups is 1. The molecule has 0 radical (unpaired) electrons. The summed E-state index contributed by atoms with van der Waals surface area (Å²) < 4.78 is 5.54. The third-order valence-electron chi connectivity index (χ3n) is 3.83. The number of ether oxygens (including phenoxy) is 1. The van der Waals surface area contributed by atoms with Crippen LogP contribution in [-0.4, -0.2) is 47.0 Å². The van der Waals surface area contributed by atoms with Gasteiger partial charge in [-0.2, -0.15) is 5.10 Å². The highest BCUT2D eigenvalue weighted by Crippen LogP contribution is 2.15. The number of pyridine rings is 1. The zero-order chi connectivity index (χ0) is 16.8. The normalized spacial score (nSPS) is 17.5. The summed E-state index contributed by atoms with van der Waals surface area (Å²) in [7, 11) is 0. The van der Waals surface area contributed by atoms with Crippen molar-refractivity contribution < 1.29 is 9.53 Å². The molecule has 8 nitrogen and oxygen atoms in total. The summed E-state index contributed by atoms with van der Waals surface area (Å²) in [5, 5.41) is 12.2. The van der Waals surface area contributed by atoms with Crippen LogP contribution in [0.4, 0.5) is 10.6 Å². The van der Waals surface area contributed by atoms with Crippen molar-refractivity contribution in [2.75, 3.05) is 24.6 Å². The van der Waals surface area contributed by atoms with Crippen LogP contribution in [0.1, 0.15) is 18.2 Å². The topological polar surface area (TPSA) is 95.2 Å². The van der Waals surface area contributed by atoms with Gasteiger partial charge in [-0.1, -0.05) is 6.07 Å². The SMILES string of the molecule is CC1CN(c2ccc(CNC(=O)NCc3ccn[nH]3)cn2)CCO1. The number of rotatable bonds is 5. The Labute approximate surface area is 140 Å². The molecular formula is C16H22N6O2. The zero-order valence-corrected chi connectivity index (χ0v) is 13.7. The number of aromatic nitrogens is 3. The number of nitrogens with one attached hydrogen (secondary N) is 3. The number of hydrogen-bond acceptors (Lipinski definition) is 5. The molecule has 0 saturated carbocycles. The van der Waals surface area contributed by atoms with Crippen molar-refractivity contribution in [3.05, 3.63) is 41.9 Å². The lowest BCUT2D eigenvalue weighted by atomic mass is 10.2. The van der Waals surface area contributed by atoms with E-state index in [4.69, 9.17) is 4.74 Å². The highest BCUT2D eigenvalue weighted by Gasteiger charge is 2.17. The number of aromatic amines is 1. The van der Waals surface area contributed by atoms with Crippen LogP contribution in [0.3, 0.4) is 0 Å². The summed E-state index contributed by atoms with van der Waals surface area (Å²) >= 11 is 0. The molecule has 0 aliphatic carbocycles. The third-order valence-corrected chi connectivity index (χ3v) is 3.83. The van der Waals surface area contributed by atoms with E-state index < -0.39 is 0 Å². The number of amides is 2. The second-order valence-corrected chi connectivity index (χ2v) is 5.77. The van der Waals surface area contributed by atoms with Gasteiger partial charge in [0.1, 0.15) is 5.82 Å². The fourth-order valence-electron chi connectivity index (χ4n) is 2.54. The van der Waals surface area contributed by atoms with Gasteiger partial charge in [0.15, 0.2) is 0 Å². The zero-order valence-electron chi connectivity index (χ0n) is 13.7. The Bertz CT molecular complexity index is 643. The molecule has 8 heteroatoms. The number of H-pyrrole nitrogens is 1. The monoisotopic (exact) mass is 330 g/mol. The van der Waals surface area contributed by atoms with Gasteiger partial charge in [-0.25, -0.2) is 9.78 Å². The minimum atomic E-state index is -0.226. The first-order valence-electron chi connectivity index (χ1n) is 8.02. The van der Waals surface area contributed by atoms with E-state index in [9.17, 15) is 4.79 Å². The molecule has 1 unspecified atom stereocenters. The fraction of sp³-hybridized carbons (Fsp3) is 0.438. The molecule has 1 aliphatic heterocycles. The molecule has 3 N–H and O–H groups in total. The first-order chi connectivity index (χ1) is 11.7. The van der Waals surface area contributed by atoms with E-state index in [-0.39, 0.29) is 12.1 Å². The van der Waals surface area contributed by atoms with E-state index in [1.54, 1.807) is 12.4 Å². The smallest absolute Gasteiger partial charge is 0.315 e. The summed E-state index contributed by atoms with van der Waals surface area (Å²) in [5.41, 5.74) is 1.81. The Hall–Kier alpha value is -2.61. The van der Waals surface area contributed by atoms with E-state index in [0.717, 1.165) is 36.8 Å². The van der Waals surface area contributed by atoms with Gasteiger partial charge in [-0.15, -0.1) is 0 Å². The maximum atomic E-state index is 11.8. The fourth-order valence-corrected chi connectivity index (χ4v) is 2.54. The van der Waals surface area contributed by atoms with Crippen molar-refractivity contribution in [3.8, 4) is 0 Å². The van der Waals surface area contributed by atoms with Crippen LogP contribution in [0.15, 0.2) is 30.6 Å². The van der Waals surface area contributed by atoms with E-state index >= 15 is 0 Å². The summed E-state index contributed by atoms with van der Waals surface area (Å²) in [4.78, 5) is 18.5. The van der Waals surface area contributed by atoms with Gasteiger partial charge in [-0.05, 0) is 24.6 Å². The highest BCUT2D eigenvalue weighted by atomic mass is 16.5. The van der Waals surface area contributed by atoms with Crippen LogP contribution in [0.5, 0.6) is 0 Å². The third kappa shape index (κ3) is 4.45. The van der Waals surface area contributed by atoms with Crippen LogP contribution < -0.4 is 15.5 Å². The van der Waals surface area contributed by atoms with Crippen molar-refractivity contribution in [2.24, 2.45) is 0 Å². The Morgan fingerprint density at radius 1 is 1.38 bits per heavy atom. The van der Waals surface area contributed by atoms with Gasteiger partial charge >= 0.3 is 6.03 Å². The second kappa shape index (κ2) is 7.78. The predicted octanol–water partition coefficient (Wildman–Crippen LogP) is 1.03. The molecular weight excluding hydrogens is 308 g/mol. The number of anilines is 1. The molecule has 1 saturated heterocycles. The van der Waals surface area contributed by atoms with Crippen LogP contribution in [0.2, 0.25) is 0 Å². The number of nitrogens with zero attached hydrogens (tertiary/aromatic N) is 3. The summed E-state index contributed by atoms with van der Waals surface area (Å²) in [6, 6.07) is 5.56. The molecule has 1 fully saturated rings. The summed E-state index contributed by atoms with van der Waals surface area (Å²) in [6.45, 7) is 5.33. The molecule has 2 aromatic heterocycles. The highest BCUT2D eigenvalue weighted by molar-refractivity contribution is 5.73. The van der Waals surface area contributed by atoms with E-state index in [2.05, 4.69) is 37.6 Å². The lowest BCUT2D eigenvalue weighted by Crippen LogP contribution is -2.41. The lowest BCUT2D eigenvalue weighted by Gasteiger charge is -2.32. The Kier molecular flexibility index (Phi) is 5.27. The molecule has 0 spiro atoms. The average Bonchev–Trinajstić information content (AvgIpc) is 3.12. The maximum Gasteiger partial charge on any atom is 0.315 e. The van der Waals surface area contributed by atoms with Gasteiger partial charge < -0.3 is 20.3 Å². The molecule has 0 aromatic carbocycles.